The van der Waals surface area contributed by atoms with Crippen molar-refractivity contribution in [1.29, 1.82) is 0 Å². The van der Waals surface area contributed by atoms with Gasteiger partial charge in [-0.1, -0.05) is 37.9 Å². The summed E-state index contributed by atoms with van der Waals surface area (Å²) in [6, 6.07) is 9.26. The number of carbonyl (C=O) groups is 1. The molecule has 4 nitrogen and oxygen atoms in total. The lowest BCUT2D eigenvalue weighted by atomic mass is 10.0. The molecule has 0 atom stereocenters. The highest BCUT2D eigenvalue weighted by Gasteiger charge is 2.30. The molecule has 94 valence electrons. The van der Waals surface area contributed by atoms with E-state index in [-0.39, 0.29) is 6.42 Å². The molecule has 5 heteroatoms. The molecule has 1 aromatic carbocycles. The maximum absolute atomic E-state index is 11.7. The topological polar surface area (TPSA) is 80.3 Å². The Morgan fingerprint density at radius 2 is 1.76 bits per heavy atom. The van der Waals surface area contributed by atoms with E-state index < -0.39 is 18.5 Å². The predicted molar refractivity (Wildman–Crippen MR) is 61.5 cm³/mol. The second-order valence-electron chi connectivity index (χ2n) is 4.47. The van der Waals surface area contributed by atoms with E-state index in [1.54, 1.807) is 0 Å². The summed E-state index contributed by atoms with van der Waals surface area (Å²) in [5.41, 5.74) is 0.947. The summed E-state index contributed by atoms with van der Waals surface area (Å²) >= 11 is 0. The van der Waals surface area contributed by atoms with Crippen molar-refractivity contribution in [3.05, 3.63) is 35.9 Å². The van der Waals surface area contributed by atoms with E-state index in [1.165, 1.54) is 13.8 Å². The van der Waals surface area contributed by atoms with Crippen molar-refractivity contribution in [2.24, 2.45) is 0 Å². The number of Topliss-reactive ketones (excluding diaryl/α,β-unsaturated/α-hetero) is 1. The van der Waals surface area contributed by atoms with Crippen LogP contribution in [-0.2, 0) is 15.8 Å². The Labute approximate surface area is 101 Å². The van der Waals surface area contributed by atoms with Crippen LogP contribution < -0.4 is 9.79 Å². The third-order valence-corrected chi connectivity index (χ3v) is 4.47. The van der Waals surface area contributed by atoms with Gasteiger partial charge in [0.15, 0.2) is 0 Å². The summed E-state index contributed by atoms with van der Waals surface area (Å²) in [5.74, 6) is -0.533. The fourth-order valence-electron chi connectivity index (χ4n) is 1.36. The lowest BCUT2D eigenvalue weighted by molar-refractivity contribution is -0.318. The molecule has 0 amide bonds. The Kier molecular flexibility index (Phi) is 4.26. The van der Waals surface area contributed by atoms with Crippen molar-refractivity contribution < 1.29 is 19.1 Å². The van der Waals surface area contributed by atoms with Crippen LogP contribution in [0.2, 0.25) is 0 Å². The van der Waals surface area contributed by atoms with Crippen LogP contribution >= 0.6 is 7.60 Å². The van der Waals surface area contributed by atoms with Crippen LogP contribution in [0.5, 0.6) is 0 Å². The minimum Gasteiger partial charge on any atom is -0.810 e. The van der Waals surface area contributed by atoms with Gasteiger partial charge in [-0.2, -0.15) is 0 Å². The van der Waals surface area contributed by atoms with Crippen molar-refractivity contribution in [1.82, 2.24) is 0 Å². The monoisotopic (exact) mass is 254 g/mol. The van der Waals surface area contributed by atoms with Crippen molar-refractivity contribution in [3.63, 3.8) is 0 Å². The molecule has 0 aliphatic rings. The zero-order valence-corrected chi connectivity index (χ0v) is 10.8. The van der Waals surface area contributed by atoms with E-state index in [4.69, 9.17) is 0 Å². The van der Waals surface area contributed by atoms with Crippen LogP contribution in [-0.4, -0.2) is 10.9 Å². The zero-order chi connectivity index (χ0) is 13.1. The summed E-state index contributed by atoms with van der Waals surface area (Å²) in [4.78, 5) is 33.6. The SMILES string of the molecule is CC(C)(C(=O)CCc1ccccc1)P(=O)([O-])[O-]. The minimum absolute atomic E-state index is 0.0610. The molecule has 0 N–H and O–H groups in total. The number of ketones is 1. The van der Waals surface area contributed by atoms with E-state index in [9.17, 15) is 19.1 Å². The molecule has 0 spiro atoms. The van der Waals surface area contributed by atoms with Crippen molar-refractivity contribution in [2.75, 3.05) is 0 Å². The minimum atomic E-state index is -4.90. The molecular weight excluding hydrogens is 239 g/mol. The second-order valence-corrected chi connectivity index (χ2v) is 6.58. The first-order chi connectivity index (χ1) is 7.75. The molecule has 0 aromatic heterocycles. The van der Waals surface area contributed by atoms with Gasteiger partial charge in [-0.25, -0.2) is 0 Å². The number of benzene rings is 1. The highest BCUT2D eigenvalue weighted by Crippen LogP contribution is 2.43. The molecular formula is C12H15O4P-2. The third-order valence-electron chi connectivity index (χ3n) is 2.85. The molecule has 0 saturated heterocycles. The van der Waals surface area contributed by atoms with Gasteiger partial charge >= 0.3 is 0 Å². The summed E-state index contributed by atoms with van der Waals surface area (Å²) in [6.45, 7) is 2.34. The van der Waals surface area contributed by atoms with Gasteiger partial charge in [0.2, 0.25) is 0 Å². The number of rotatable bonds is 5. The van der Waals surface area contributed by atoms with E-state index in [0.29, 0.717) is 6.42 Å². The quantitative estimate of drug-likeness (QED) is 0.730. The number of hydrogen-bond donors (Lipinski definition) is 0. The first-order valence-electron chi connectivity index (χ1n) is 5.34. The van der Waals surface area contributed by atoms with Crippen LogP contribution in [0.25, 0.3) is 0 Å². The standard InChI is InChI=1S/C12H17O4P/c1-12(2,17(14,15)16)11(13)9-8-10-6-4-3-5-7-10/h3-7H,8-9H2,1-2H3,(H2,14,15,16)/p-2. The Morgan fingerprint density at radius 1 is 1.24 bits per heavy atom. The molecule has 0 saturated carbocycles. The van der Waals surface area contributed by atoms with Crippen molar-refractivity contribution in [3.8, 4) is 0 Å². The van der Waals surface area contributed by atoms with Gasteiger partial charge in [-0.3, -0.25) is 4.79 Å². The number of carbonyl (C=O) groups excluding carboxylic acids is 1. The van der Waals surface area contributed by atoms with E-state index in [1.807, 2.05) is 30.3 Å². The predicted octanol–water partition coefficient (Wildman–Crippen LogP) is 0.881. The van der Waals surface area contributed by atoms with Gasteiger partial charge in [-0.05, 0) is 25.8 Å². The average Bonchev–Trinajstić information content (AvgIpc) is 2.25. The highest BCUT2D eigenvalue weighted by atomic mass is 31.2. The maximum Gasteiger partial charge on any atom is 0.143 e. The van der Waals surface area contributed by atoms with Gasteiger partial charge in [-0.15, -0.1) is 0 Å². The normalized spacial score (nSPS) is 12.5. The Balaban J connectivity index is 2.66. The van der Waals surface area contributed by atoms with Crippen molar-refractivity contribution >= 4 is 13.4 Å². The number of hydrogen-bond acceptors (Lipinski definition) is 4. The van der Waals surface area contributed by atoms with Crippen LogP contribution in [0, 0.1) is 0 Å². The van der Waals surface area contributed by atoms with Gasteiger partial charge in [0, 0.05) is 6.42 Å². The molecule has 0 aliphatic heterocycles. The largest absolute Gasteiger partial charge is 0.810 e. The summed E-state index contributed by atoms with van der Waals surface area (Å²) in [7, 11) is -4.90. The molecule has 1 rings (SSSR count). The highest BCUT2D eigenvalue weighted by molar-refractivity contribution is 7.51. The van der Waals surface area contributed by atoms with Crippen LogP contribution in [0.15, 0.2) is 30.3 Å². The fourth-order valence-corrected chi connectivity index (χ4v) is 1.78. The Hall–Kier alpha value is -0.960. The molecule has 0 aliphatic carbocycles. The summed E-state index contributed by atoms with van der Waals surface area (Å²) < 4.78 is 11.0. The van der Waals surface area contributed by atoms with Gasteiger partial charge in [0.25, 0.3) is 0 Å². The smallest absolute Gasteiger partial charge is 0.143 e. The average molecular weight is 254 g/mol. The van der Waals surface area contributed by atoms with Crippen LogP contribution in [0.1, 0.15) is 25.8 Å². The second kappa shape index (κ2) is 5.13. The number of aryl methyl sites for hydroxylation is 1. The molecule has 0 unspecified atom stereocenters. The first-order valence-corrected chi connectivity index (χ1v) is 6.89. The molecule has 1 aromatic rings. The molecule has 0 radical (unpaired) electrons. The zero-order valence-electron chi connectivity index (χ0n) is 9.88. The van der Waals surface area contributed by atoms with Gasteiger partial charge in [0.1, 0.15) is 5.78 Å². The van der Waals surface area contributed by atoms with Crippen LogP contribution in [0.3, 0.4) is 0 Å². The third kappa shape index (κ3) is 3.50. The van der Waals surface area contributed by atoms with Crippen molar-refractivity contribution in [2.45, 2.75) is 31.8 Å². The molecule has 0 bridgehead atoms. The summed E-state index contributed by atoms with van der Waals surface area (Å²) in [5, 5.41) is -1.82. The van der Waals surface area contributed by atoms with Crippen LogP contribution in [0.4, 0.5) is 0 Å². The fraction of sp³-hybridized carbons (Fsp3) is 0.417. The van der Waals surface area contributed by atoms with Gasteiger partial charge < -0.3 is 14.4 Å². The molecule has 0 heterocycles. The lowest BCUT2D eigenvalue weighted by Gasteiger charge is -2.43. The first kappa shape index (κ1) is 14.1. The van der Waals surface area contributed by atoms with E-state index in [2.05, 4.69) is 0 Å². The summed E-state index contributed by atoms with van der Waals surface area (Å²) in [6.07, 6.45) is 0.509. The molecule has 0 fully saturated rings. The maximum atomic E-state index is 11.7. The lowest BCUT2D eigenvalue weighted by Crippen LogP contribution is -2.41. The van der Waals surface area contributed by atoms with E-state index >= 15 is 0 Å². The Bertz CT molecular complexity index is 433. The van der Waals surface area contributed by atoms with Gasteiger partial charge in [0.05, 0.1) is 5.16 Å². The Morgan fingerprint density at radius 3 is 2.24 bits per heavy atom. The van der Waals surface area contributed by atoms with E-state index in [0.717, 1.165) is 5.56 Å². The molecule has 17 heavy (non-hydrogen) atoms.